The largest absolute Gasteiger partial charge is 0.506 e. The molecule has 0 spiro atoms. The van der Waals surface area contributed by atoms with Crippen LogP contribution in [0.25, 0.3) is 0 Å². The van der Waals surface area contributed by atoms with Crippen molar-refractivity contribution in [2.45, 2.75) is 32.6 Å². The van der Waals surface area contributed by atoms with E-state index in [1.54, 1.807) is 24.3 Å². The van der Waals surface area contributed by atoms with Crippen molar-refractivity contribution in [2.75, 3.05) is 0 Å². The third-order valence-electron chi connectivity index (χ3n) is 3.99. The summed E-state index contributed by atoms with van der Waals surface area (Å²) in [5, 5.41) is 20.0. The van der Waals surface area contributed by atoms with E-state index in [-0.39, 0.29) is 16.9 Å². The second-order valence-corrected chi connectivity index (χ2v) is 7.08. The van der Waals surface area contributed by atoms with E-state index in [4.69, 9.17) is 23.2 Å². The summed E-state index contributed by atoms with van der Waals surface area (Å²) in [5.74, 6) is 0.590. The molecule has 0 aliphatic carbocycles. The number of hydrogen-bond donors (Lipinski definition) is 2. The van der Waals surface area contributed by atoms with E-state index in [9.17, 15) is 10.2 Å². The van der Waals surface area contributed by atoms with E-state index in [1.165, 1.54) is 0 Å². The van der Waals surface area contributed by atoms with Crippen LogP contribution in [0.5, 0.6) is 11.5 Å². The Balaban J connectivity index is 2.60. The van der Waals surface area contributed by atoms with Crippen molar-refractivity contribution in [1.29, 1.82) is 0 Å². The summed E-state index contributed by atoms with van der Waals surface area (Å²) in [4.78, 5) is 0. The zero-order valence-corrected chi connectivity index (χ0v) is 14.4. The number of hydrogen-bond acceptors (Lipinski definition) is 2. The molecule has 0 aromatic heterocycles. The summed E-state index contributed by atoms with van der Waals surface area (Å²) in [5.41, 5.74) is 1.69. The van der Waals surface area contributed by atoms with Crippen LogP contribution in [-0.4, -0.2) is 10.2 Å². The first-order valence-electron chi connectivity index (χ1n) is 7.22. The summed E-state index contributed by atoms with van der Waals surface area (Å²) in [6.07, 6.45) is 0.884. The third kappa shape index (κ3) is 3.34. The number of phenolic OH excluding ortho intramolecular Hbond substituents is 2. The Bertz CT molecular complexity index is 629. The Hall–Kier alpha value is -1.38. The first kappa shape index (κ1) is 17.0. The highest BCUT2D eigenvalue weighted by Crippen LogP contribution is 2.42. The first-order chi connectivity index (χ1) is 10.2. The van der Waals surface area contributed by atoms with E-state index in [0.29, 0.717) is 16.0 Å². The molecule has 0 amide bonds. The van der Waals surface area contributed by atoms with Crippen molar-refractivity contribution in [2.24, 2.45) is 5.92 Å². The van der Waals surface area contributed by atoms with Gasteiger partial charge < -0.3 is 10.2 Å². The molecule has 0 atom stereocenters. The van der Waals surface area contributed by atoms with Gasteiger partial charge in [0.25, 0.3) is 0 Å². The SMILES string of the molecule is CC(C)CC(C)(c1ccc(O)c(Cl)c1)c1ccc(O)c(Cl)c1. The van der Waals surface area contributed by atoms with Gasteiger partial charge in [0, 0.05) is 5.41 Å². The molecule has 0 radical (unpaired) electrons. The van der Waals surface area contributed by atoms with Gasteiger partial charge in [0.1, 0.15) is 11.5 Å². The molecule has 2 nitrogen and oxygen atoms in total. The predicted molar refractivity (Wildman–Crippen MR) is 92.1 cm³/mol. The zero-order valence-electron chi connectivity index (χ0n) is 12.9. The van der Waals surface area contributed by atoms with Gasteiger partial charge in [-0.15, -0.1) is 0 Å². The lowest BCUT2D eigenvalue weighted by atomic mass is 9.71. The van der Waals surface area contributed by atoms with E-state index in [1.807, 2.05) is 12.1 Å². The molecule has 0 saturated heterocycles. The molecule has 0 bridgehead atoms. The lowest BCUT2D eigenvalue weighted by molar-refractivity contribution is 0.425. The summed E-state index contributed by atoms with van der Waals surface area (Å²) in [6.45, 7) is 6.43. The summed E-state index contributed by atoms with van der Waals surface area (Å²) < 4.78 is 0. The average molecular weight is 339 g/mol. The van der Waals surface area contributed by atoms with Gasteiger partial charge in [-0.05, 0) is 47.7 Å². The average Bonchev–Trinajstić information content (AvgIpc) is 2.43. The Kier molecular flexibility index (Phi) is 4.93. The quantitative estimate of drug-likeness (QED) is 0.744. The number of halogens is 2. The minimum atomic E-state index is -0.317. The fourth-order valence-corrected chi connectivity index (χ4v) is 3.28. The minimum absolute atomic E-state index is 0.0704. The van der Waals surface area contributed by atoms with Gasteiger partial charge in [0.15, 0.2) is 0 Å². The summed E-state index contributed by atoms with van der Waals surface area (Å²) >= 11 is 12.2. The summed E-state index contributed by atoms with van der Waals surface area (Å²) in [7, 11) is 0. The van der Waals surface area contributed by atoms with Crippen LogP contribution < -0.4 is 0 Å². The van der Waals surface area contributed by atoms with Crippen molar-refractivity contribution >= 4 is 23.2 Å². The Morgan fingerprint density at radius 2 is 1.32 bits per heavy atom. The molecule has 2 N–H and O–H groups in total. The second-order valence-electron chi connectivity index (χ2n) is 6.26. The van der Waals surface area contributed by atoms with Crippen LogP contribution >= 0.6 is 23.2 Å². The van der Waals surface area contributed by atoms with Crippen molar-refractivity contribution in [3.63, 3.8) is 0 Å². The lowest BCUT2D eigenvalue weighted by Gasteiger charge is -2.33. The molecular formula is C18H20Cl2O2. The number of benzene rings is 2. The van der Waals surface area contributed by atoms with Crippen LogP contribution in [0.1, 0.15) is 38.3 Å². The molecule has 0 fully saturated rings. The van der Waals surface area contributed by atoms with Crippen LogP contribution in [0.3, 0.4) is 0 Å². The minimum Gasteiger partial charge on any atom is -0.506 e. The molecule has 0 unspecified atom stereocenters. The normalized spacial score (nSPS) is 11.9. The molecular weight excluding hydrogens is 319 g/mol. The van der Waals surface area contributed by atoms with Gasteiger partial charge in [-0.25, -0.2) is 0 Å². The van der Waals surface area contributed by atoms with E-state index in [0.717, 1.165) is 17.5 Å². The maximum atomic E-state index is 9.66. The number of aromatic hydroxyl groups is 2. The van der Waals surface area contributed by atoms with Gasteiger partial charge in [0.2, 0.25) is 0 Å². The maximum absolute atomic E-state index is 9.66. The monoisotopic (exact) mass is 338 g/mol. The lowest BCUT2D eigenvalue weighted by Crippen LogP contribution is -2.25. The van der Waals surface area contributed by atoms with Crippen molar-refractivity contribution < 1.29 is 10.2 Å². The van der Waals surface area contributed by atoms with Gasteiger partial charge in [-0.3, -0.25) is 0 Å². The van der Waals surface area contributed by atoms with Gasteiger partial charge >= 0.3 is 0 Å². The molecule has 0 aliphatic rings. The fraction of sp³-hybridized carbons (Fsp3) is 0.333. The van der Waals surface area contributed by atoms with Crippen LogP contribution in [0.2, 0.25) is 10.0 Å². The highest BCUT2D eigenvalue weighted by atomic mass is 35.5. The van der Waals surface area contributed by atoms with E-state index >= 15 is 0 Å². The molecule has 0 heterocycles. The van der Waals surface area contributed by atoms with Crippen LogP contribution in [0, 0.1) is 5.92 Å². The third-order valence-corrected chi connectivity index (χ3v) is 4.59. The number of phenols is 2. The highest BCUT2D eigenvalue weighted by molar-refractivity contribution is 6.32. The standard InChI is InChI=1S/C18H20Cl2O2/c1-11(2)10-18(3,12-4-6-16(21)14(19)8-12)13-5-7-17(22)15(20)9-13/h4-9,11,21-22H,10H2,1-3H3. The van der Waals surface area contributed by atoms with Crippen molar-refractivity contribution in [3.8, 4) is 11.5 Å². The van der Waals surface area contributed by atoms with Crippen LogP contribution in [0.4, 0.5) is 0 Å². The summed E-state index contributed by atoms with van der Waals surface area (Å²) in [6, 6.07) is 10.6. The zero-order chi connectivity index (χ0) is 16.5. The molecule has 4 heteroatoms. The van der Waals surface area contributed by atoms with Crippen LogP contribution in [-0.2, 0) is 5.41 Å². The molecule has 22 heavy (non-hydrogen) atoms. The fourth-order valence-electron chi connectivity index (χ4n) is 2.92. The van der Waals surface area contributed by atoms with E-state index in [2.05, 4.69) is 20.8 Å². The van der Waals surface area contributed by atoms with Gasteiger partial charge in [-0.2, -0.15) is 0 Å². The van der Waals surface area contributed by atoms with Crippen LogP contribution in [0.15, 0.2) is 36.4 Å². The second kappa shape index (κ2) is 6.39. The van der Waals surface area contributed by atoms with Gasteiger partial charge in [-0.1, -0.05) is 56.1 Å². The van der Waals surface area contributed by atoms with Crippen molar-refractivity contribution in [1.82, 2.24) is 0 Å². The Labute approximate surface area is 141 Å². The number of rotatable bonds is 4. The smallest absolute Gasteiger partial charge is 0.134 e. The molecule has 2 aromatic rings. The molecule has 2 rings (SSSR count). The topological polar surface area (TPSA) is 40.5 Å². The Morgan fingerprint density at radius 3 is 1.64 bits per heavy atom. The van der Waals surface area contributed by atoms with E-state index < -0.39 is 0 Å². The molecule has 118 valence electrons. The molecule has 0 aliphatic heterocycles. The Morgan fingerprint density at radius 1 is 0.909 bits per heavy atom. The highest BCUT2D eigenvalue weighted by Gasteiger charge is 2.31. The van der Waals surface area contributed by atoms with Gasteiger partial charge in [0.05, 0.1) is 10.0 Å². The maximum Gasteiger partial charge on any atom is 0.134 e. The molecule has 0 saturated carbocycles. The molecule has 2 aromatic carbocycles. The van der Waals surface area contributed by atoms with Crippen molar-refractivity contribution in [3.05, 3.63) is 57.6 Å². The predicted octanol–water partition coefficient (Wildman–Crippen LogP) is 5.76. The first-order valence-corrected chi connectivity index (χ1v) is 7.97.